The van der Waals surface area contributed by atoms with Crippen LogP contribution >= 0.6 is 0 Å². The van der Waals surface area contributed by atoms with Crippen molar-refractivity contribution in [3.8, 4) is 0 Å². The van der Waals surface area contributed by atoms with Gasteiger partial charge in [-0.25, -0.2) is 0 Å². The Bertz CT molecular complexity index is 593. The van der Waals surface area contributed by atoms with Gasteiger partial charge in [0.2, 0.25) is 5.91 Å². The monoisotopic (exact) mass is 282 g/mol. The van der Waals surface area contributed by atoms with Gasteiger partial charge in [-0.1, -0.05) is 48.5 Å². The first-order valence-electron chi connectivity index (χ1n) is 7.24. The van der Waals surface area contributed by atoms with E-state index in [0.717, 1.165) is 16.8 Å². The van der Waals surface area contributed by atoms with Gasteiger partial charge in [-0.15, -0.1) is 0 Å². The number of amides is 1. The molecule has 0 radical (unpaired) electrons. The molecule has 110 valence electrons. The summed E-state index contributed by atoms with van der Waals surface area (Å²) in [6, 6.07) is 17.7. The molecule has 0 unspecified atom stereocenters. The molecule has 0 fully saturated rings. The van der Waals surface area contributed by atoms with E-state index in [0.29, 0.717) is 13.0 Å². The molecule has 0 saturated heterocycles. The average molecular weight is 282 g/mol. The Hall–Kier alpha value is -2.29. The van der Waals surface area contributed by atoms with Crippen molar-refractivity contribution in [2.75, 3.05) is 5.73 Å². The minimum atomic E-state index is 0.124. The molecule has 0 aliphatic heterocycles. The van der Waals surface area contributed by atoms with E-state index in [4.69, 9.17) is 5.73 Å². The highest BCUT2D eigenvalue weighted by Gasteiger charge is 2.18. The lowest BCUT2D eigenvalue weighted by Crippen LogP contribution is -2.37. The highest BCUT2D eigenvalue weighted by Crippen LogP contribution is 2.16. The highest BCUT2D eigenvalue weighted by atomic mass is 16.2. The van der Waals surface area contributed by atoms with Crippen molar-refractivity contribution < 1.29 is 4.79 Å². The molecule has 0 saturated carbocycles. The normalized spacial score (nSPS) is 10.6. The van der Waals surface area contributed by atoms with Crippen LogP contribution in [-0.4, -0.2) is 16.8 Å². The summed E-state index contributed by atoms with van der Waals surface area (Å²) in [4.78, 5) is 14.4. The fourth-order valence-electron chi connectivity index (χ4n) is 2.29. The maximum Gasteiger partial charge on any atom is 0.227 e. The van der Waals surface area contributed by atoms with E-state index in [1.807, 2.05) is 73.3 Å². The van der Waals surface area contributed by atoms with Crippen LogP contribution in [0.5, 0.6) is 0 Å². The number of benzene rings is 2. The number of anilines is 1. The minimum Gasteiger partial charge on any atom is -0.398 e. The molecule has 0 aromatic heterocycles. The van der Waals surface area contributed by atoms with Crippen LogP contribution < -0.4 is 5.73 Å². The van der Waals surface area contributed by atoms with Crippen molar-refractivity contribution >= 4 is 11.6 Å². The summed E-state index contributed by atoms with van der Waals surface area (Å²) in [6.07, 6.45) is 0.422. The van der Waals surface area contributed by atoms with Gasteiger partial charge in [-0.05, 0) is 31.0 Å². The topological polar surface area (TPSA) is 46.3 Å². The van der Waals surface area contributed by atoms with Crippen molar-refractivity contribution in [2.24, 2.45) is 0 Å². The third-order valence-corrected chi connectivity index (χ3v) is 3.54. The summed E-state index contributed by atoms with van der Waals surface area (Å²) in [5, 5.41) is 0. The van der Waals surface area contributed by atoms with Gasteiger partial charge >= 0.3 is 0 Å². The van der Waals surface area contributed by atoms with E-state index in [2.05, 4.69) is 0 Å². The Balaban J connectivity index is 2.12. The molecule has 2 rings (SSSR count). The van der Waals surface area contributed by atoms with Gasteiger partial charge in [-0.2, -0.15) is 0 Å². The molecule has 0 aliphatic carbocycles. The largest absolute Gasteiger partial charge is 0.398 e. The summed E-state index contributed by atoms with van der Waals surface area (Å²) in [6.45, 7) is 4.61. The van der Waals surface area contributed by atoms with Crippen LogP contribution in [0.25, 0.3) is 0 Å². The Kier molecular flexibility index (Phi) is 4.99. The van der Waals surface area contributed by atoms with Crippen LogP contribution in [0.15, 0.2) is 54.6 Å². The number of para-hydroxylation sites is 1. The predicted octanol–water partition coefficient (Wildman–Crippen LogP) is 3.25. The second kappa shape index (κ2) is 6.93. The van der Waals surface area contributed by atoms with Gasteiger partial charge in [0.05, 0.1) is 6.42 Å². The fraction of sp³-hybridized carbons (Fsp3) is 0.278. The molecular weight excluding hydrogens is 260 g/mol. The van der Waals surface area contributed by atoms with Crippen LogP contribution in [0, 0.1) is 0 Å². The van der Waals surface area contributed by atoms with Crippen molar-refractivity contribution in [2.45, 2.75) is 32.9 Å². The predicted molar refractivity (Wildman–Crippen MR) is 86.7 cm³/mol. The summed E-state index contributed by atoms with van der Waals surface area (Å²) in [7, 11) is 0. The first-order valence-corrected chi connectivity index (χ1v) is 7.24. The van der Waals surface area contributed by atoms with E-state index >= 15 is 0 Å². The molecule has 0 aliphatic rings. The van der Waals surface area contributed by atoms with Crippen molar-refractivity contribution in [3.05, 3.63) is 65.7 Å². The molecule has 1 amide bonds. The first kappa shape index (κ1) is 15.1. The maximum absolute atomic E-state index is 12.6. The lowest BCUT2D eigenvalue weighted by atomic mass is 10.1. The van der Waals surface area contributed by atoms with Gasteiger partial charge in [0.15, 0.2) is 0 Å². The standard InChI is InChI=1S/C18H22N2O/c1-14(2)20(13-16-10-6-7-11-17(16)19)18(21)12-15-8-4-3-5-9-15/h3-11,14H,12-13,19H2,1-2H3. The Morgan fingerprint density at radius 3 is 2.29 bits per heavy atom. The van der Waals surface area contributed by atoms with Crippen LogP contribution in [0.4, 0.5) is 5.69 Å². The lowest BCUT2D eigenvalue weighted by Gasteiger charge is -2.27. The molecule has 21 heavy (non-hydrogen) atoms. The van der Waals surface area contributed by atoms with Gasteiger partial charge < -0.3 is 10.6 Å². The Morgan fingerprint density at radius 2 is 1.67 bits per heavy atom. The van der Waals surface area contributed by atoms with Crippen molar-refractivity contribution in [1.82, 2.24) is 4.90 Å². The molecule has 2 aromatic carbocycles. The number of nitrogen functional groups attached to an aromatic ring is 1. The number of carbonyl (C=O) groups excluding carboxylic acids is 1. The minimum absolute atomic E-state index is 0.124. The van der Waals surface area contributed by atoms with E-state index in [-0.39, 0.29) is 11.9 Å². The smallest absolute Gasteiger partial charge is 0.227 e. The van der Waals surface area contributed by atoms with E-state index in [1.165, 1.54) is 0 Å². The average Bonchev–Trinajstić information content (AvgIpc) is 2.47. The van der Waals surface area contributed by atoms with E-state index < -0.39 is 0 Å². The molecule has 0 atom stereocenters. The third kappa shape index (κ3) is 4.09. The van der Waals surface area contributed by atoms with Gasteiger partial charge in [-0.3, -0.25) is 4.79 Å². The molecule has 2 aromatic rings. The Morgan fingerprint density at radius 1 is 1.05 bits per heavy atom. The number of nitrogens with zero attached hydrogens (tertiary/aromatic N) is 1. The highest BCUT2D eigenvalue weighted by molar-refractivity contribution is 5.79. The van der Waals surface area contributed by atoms with Gasteiger partial charge in [0, 0.05) is 18.3 Å². The maximum atomic E-state index is 12.6. The fourth-order valence-corrected chi connectivity index (χ4v) is 2.29. The summed E-state index contributed by atoms with van der Waals surface area (Å²) in [5.74, 6) is 0.124. The molecule has 2 N–H and O–H groups in total. The molecule has 3 nitrogen and oxygen atoms in total. The van der Waals surface area contributed by atoms with Gasteiger partial charge in [0.1, 0.15) is 0 Å². The van der Waals surface area contributed by atoms with Crippen molar-refractivity contribution in [1.29, 1.82) is 0 Å². The van der Waals surface area contributed by atoms with E-state index in [9.17, 15) is 4.79 Å². The number of carbonyl (C=O) groups is 1. The van der Waals surface area contributed by atoms with Crippen LogP contribution in [0.1, 0.15) is 25.0 Å². The number of rotatable bonds is 5. The van der Waals surface area contributed by atoms with Crippen LogP contribution in [0.3, 0.4) is 0 Å². The molecular formula is C18H22N2O. The molecule has 0 bridgehead atoms. The van der Waals surface area contributed by atoms with E-state index in [1.54, 1.807) is 0 Å². The first-order chi connectivity index (χ1) is 10.1. The second-order valence-corrected chi connectivity index (χ2v) is 5.48. The molecule has 0 heterocycles. The van der Waals surface area contributed by atoms with Crippen LogP contribution in [0.2, 0.25) is 0 Å². The summed E-state index contributed by atoms with van der Waals surface area (Å²) < 4.78 is 0. The SMILES string of the molecule is CC(C)N(Cc1ccccc1N)C(=O)Cc1ccccc1. The quantitative estimate of drug-likeness (QED) is 0.856. The van der Waals surface area contributed by atoms with Gasteiger partial charge in [0.25, 0.3) is 0 Å². The molecule has 3 heteroatoms. The summed E-state index contributed by atoms with van der Waals surface area (Å²) in [5.41, 5.74) is 8.75. The summed E-state index contributed by atoms with van der Waals surface area (Å²) >= 11 is 0. The van der Waals surface area contributed by atoms with Crippen molar-refractivity contribution in [3.63, 3.8) is 0 Å². The third-order valence-electron chi connectivity index (χ3n) is 3.54. The number of nitrogens with two attached hydrogens (primary N) is 1. The lowest BCUT2D eigenvalue weighted by molar-refractivity contribution is -0.132. The number of hydrogen-bond donors (Lipinski definition) is 1. The van der Waals surface area contributed by atoms with Crippen LogP contribution in [-0.2, 0) is 17.8 Å². The zero-order valence-corrected chi connectivity index (χ0v) is 12.6. The second-order valence-electron chi connectivity index (χ2n) is 5.48. The zero-order valence-electron chi connectivity index (χ0n) is 12.6. The molecule has 0 spiro atoms. The zero-order chi connectivity index (χ0) is 15.2. The Labute approximate surface area is 126 Å². The number of hydrogen-bond acceptors (Lipinski definition) is 2.